The maximum Gasteiger partial charge on any atom is 0.419 e. The number of carbonyl (C=O) groups is 2. The number of hydrogen-bond donors (Lipinski definition) is 1. The Kier molecular flexibility index (Phi) is 7.10. The monoisotopic (exact) mass is 527 g/mol. The summed E-state index contributed by atoms with van der Waals surface area (Å²) in [6, 6.07) is 7.61. The van der Waals surface area contributed by atoms with Crippen LogP contribution in [0.4, 0.5) is 23.7 Å². The number of ether oxygens (including phenoxy) is 1. The Bertz CT molecular complexity index is 1420. The molecule has 1 saturated heterocycles. The molecule has 0 spiro atoms. The van der Waals surface area contributed by atoms with Gasteiger partial charge in [-0.15, -0.1) is 0 Å². The summed E-state index contributed by atoms with van der Waals surface area (Å²) in [6.07, 6.45) is -1.68. The van der Waals surface area contributed by atoms with E-state index in [1.165, 1.54) is 24.3 Å². The van der Waals surface area contributed by atoms with Gasteiger partial charge < -0.3 is 19.5 Å². The Balaban J connectivity index is 1.69. The summed E-state index contributed by atoms with van der Waals surface area (Å²) >= 11 is 0. The number of likely N-dealkylation sites (tertiary alicyclic amines) is 1. The fourth-order valence-corrected chi connectivity index (χ4v) is 4.70. The van der Waals surface area contributed by atoms with E-state index in [9.17, 15) is 22.8 Å². The zero-order valence-electron chi connectivity index (χ0n) is 21.5. The largest absolute Gasteiger partial charge is 0.444 e. The number of carbonyl (C=O) groups excluding carboxylic acids is 2. The van der Waals surface area contributed by atoms with Gasteiger partial charge in [0.05, 0.1) is 29.1 Å². The molecule has 1 fully saturated rings. The highest BCUT2D eigenvalue weighted by Crippen LogP contribution is 2.44. The lowest BCUT2D eigenvalue weighted by molar-refractivity contribution is -0.135. The first-order valence-electron chi connectivity index (χ1n) is 12.1. The van der Waals surface area contributed by atoms with Crippen molar-refractivity contribution in [2.45, 2.75) is 51.3 Å². The number of halogens is 3. The van der Waals surface area contributed by atoms with E-state index in [4.69, 9.17) is 10.00 Å². The summed E-state index contributed by atoms with van der Waals surface area (Å²) in [5.74, 6) is -1.03. The van der Waals surface area contributed by atoms with Crippen LogP contribution in [0.15, 0.2) is 36.7 Å². The molecular weight excluding hydrogens is 499 g/mol. The van der Waals surface area contributed by atoms with Gasteiger partial charge in [0.2, 0.25) is 0 Å². The summed E-state index contributed by atoms with van der Waals surface area (Å²) in [5, 5.41) is 11.4. The number of nitrogens with zero attached hydrogens (tertiary/aromatic N) is 4. The zero-order valence-corrected chi connectivity index (χ0v) is 21.5. The number of alkyl halides is 3. The molecule has 0 atom stereocenters. The molecule has 0 bridgehead atoms. The van der Waals surface area contributed by atoms with Crippen molar-refractivity contribution >= 4 is 28.7 Å². The molecule has 200 valence electrons. The first kappa shape index (κ1) is 27.0. The lowest BCUT2D eigenvalue weighted by Crippen LogP contribution is -2.41. The maximum absolute atomic E-state index is 14.5. The minimum Gasteiger partial charge on any atom is -0.444 e. The smallest absolute Gasteiger partial charge is 0.419 e. The number of benzene rings is 1. The first-order chi connectivity index (χ1) is 17.8. The third-order valence-electron chi connectivity index (χ3n) is 6.39. The van der Waals surface area contributed by atoms with Crippen molar-refractivity contribution in [1.82, 2.24) is 14.5 Å². The molecule has 38 heavy (non-hydrogen) atoms. The van der Waals surface area contributed by atoms with E-state index in [1.807, 2.05) is 6.07 Å². The maximum atomic E-state index is 14.5. The highest BCUT2D eigenvalue weighted by Gasteiger charge is 2.40. The topological polar surface area (TPSA) is 100 Å². The highest BCUT2D eigenvalue weighted by atomic mass is 19.4. The molecule has 11 heteroatoms. The molecule has 1 aliphatic heterocycles. The molecule has 3 heterocycles. The molecule has 0 aliphatic carbocycles. The van der Waals surface area contributed by atoms with Crippen molar-refractivity contribution in [2.24, 2.45) is 7.05 Å². The van der Waals surface area contributed by atoms with Crippen molar-refractivity contribution in [3.8, 4) is 6.07 Å². The van der Waals surface area contributed by atoms with Crippen LogP contribution in [0, 0.1) is 11.3 Å². The summed E-state index contributed by atoms with van der Waals surface area (Å²) in [5.41, 5.74) is -1.20. The number of pyridine rings is 1. The number of hydrogen-bond acceptors (Lipinski definition) is 5. The summed E-state index contributed by atoms with van der Waals surface area (Å²) in [4.78, 5) is 31.1. The van der Waals surface area contributed by atoms with Crippen LogP contribution in [-0.4, -0.2) is 45.1 Å². The van der Waals surface area contributed by atoms with Crippen LogP contribution in [0.1, 0.15) is 66.6 Å². The van der Waals surface area contributed by atoms with Crippen molar-refractivity contribution < 1.29 is 27.5 Å². The molecule has 3 aromatic rings. The molecular formula is C27H28F3N5O3. The number of nitrogens with one attached hydrogen (secondary N) is 1. The highest BCUT2D eigenvalue weighted by molar-refractivity contribution is 6.06. The van der Waals surface area contributed by atoms with Gasteiger partial charge in [-0.1, -0.05) is 6.07 Å². The van der Waals surface area contributed by atoms with E-state index in [0.29, 0.717) is 31.5 Å². The number of nitriles is 1. The summed E-state index contributed by atoms with van der Waals surface area (Å²) in [7, 11) is 1.63. The van der Waals surface area contributed by atoms with Gasteiger partial charge in [-0.05, 0) is 63.3 Å². The minimum absolute atomic E-state index is 0.0556. The van der Waals surface area contributed by atoms with E-state index in [2.05, 4.69) is 10.3 Å². The van der Waals surface area contributed by atoms with E-state index in [-0.39, 0.29) is 28.1 Å². The van der Waals surface area contributed by atoms with Crippen molar-refractivity contribution in [3.63, 3.8) is 0 Å². The lowest BCUT2D eigenvalue weighted by atomic mass is 9.88. The van der Waals surface area contributed by atoms with Crippen molar-refractivity contribution in [3.05, 3.63) is 58.9 Å². The Labute approximate surface area is 218 Å². The van der Waals surface area contributed by atoms with Gasteiger partial charge in [0, 0.05) is 37.3 Å². The van der Waals surface area contributed by atoms with Gasteiger partial charge in [0.15, 0.2) is 0 Å². The Morgan fingerprint density at radius 1 is 1.18 bits per heavy atom. The van der Waals surface area contributed by atoms with E-state index in [0.717, 1.165) is 6.20 Å². The van der Waals surface area contributed by atoms with E-state index >= 15 is 0 Å². The summed E-state index contributed by atoms with van der Waals surface area (Å²) < 4.78 is 50.6. The van der Waals surface area contributed by atoms with Crippen LogP contribution in [-0.2, 0) is 18.0 Å². The number of aryl methyl sites for hydroxylation is 1. The second-order valence-electron chi connectivity index (χ2n) is 10.3. The molecule has 1 N–H and O–H groups in total. The van der Waals surface area contributed by atoms with Crippen LogP contribution < -0.4 is 5.32 Å². The van der Waals surface area contributed by atoms with Crippen molar-refractivity contribution in [2.75, 3.05) is 18.4 Å². The van der Waals surface area contributed by atoms with E-state index in [1.54, 1.807) is 43.5 Å². The third kappa shape index (κ3) is 5.59. The lowest BCUT2D eigenvalue weighted by Gasteiger charge is -2.33. The Hall–Kier alpha value is -4.07. The van der Waals surface area contributed by atoms with Gasteiger partial charge in [0.1, 0.15) is 11.2 Å². The number of anilines is 1. The average molecular weight is 528 g/mol. The van der Waals surface area contributed by atoms with Gasteiger partial charge in [-0.2, -0.15) is 18.4 Å². The second-order valence-corrected chi connectivity index (χ2v) is 10.3. The zero-order chi connectivity index (χ0) is 27.8. The molecule has 8 nitrogen and oxygen atoms in total. The number of piperidine rings is 1. The Morgan fingerprint density at radius 3 is 2.47 bits per heavy atom. The number of amides is 2. The van der Waals surface area contributed by atoms with Crippen LogP contribution >= 0.6 is 0 Å². The van der Waals surface area contributed by atoms with Gasteiger partial charge >= 0.3 is 12.3 Å². The van der Waals surface area contributed by atoms with Gasteiger partial charge in [0.25, 0.3) is 5.91 Å². The molecule has 0 saturated carbocycles. The molecule has 2 amide bonds. The van der Waals surface area contributed by atoms with Crippen LogP contribution in [0.25, 0.3) is 11.0 Å². The van der Waals surface area contributed by atoms with Crippen molar-refractivity contribution in [1.29, 1.82) is 5.26 Å². The SMILES string of the molecule is Cn1cc(C2CCN(C(=O)OC(C)(C)C)CC2)c2c(C(F)(F)F)c(NC(=O)c3cccc(C#N)c3)cnc21. The second kappa shape index (κ2) is 10.0. The fourth-order valence-electron chi connectivity index (χ4n) is 4.70. The molecule has 1 aromatic carbocycles. The molecule has 0 radical (unpaired) electrons. The average Bonchev–Trinajstić information content (AvgIpc) is 3.18. The predicted molar refractivity (Wildman–Crippen MR) is 135 cm³/mol. The molecule has 1 aliphatic rings. The summed E-state index contributed by atoms with van der Waals surface area (Å²) in [6.45, 7) is 6.01. The van der Waals surface area contributed by atoms with Gasteiger partial charge in [-0.3, -0.25) is 4.79 Å². The predicted octanol–water partition coefficient (Wildman–Crippen LogP) is 5.83. The fraction of sp³-hybridized carbons (Fsp3) is 0.407. The molecule has 2 aromatic heterocycles. The molecule has 0 unspecified atom stereocenters. The van der Waals surface area contributed by atoms with Gasteiger partial charge in [-0.25, -0.2) is 9.78 Å². The number of fused-ring (bicyclic) bond motifs is 1. The molecule has 4 rings (SSSR count). The van der Waals surface area contributed by atoms with Crippen LogP contribution in [0.5, 0.6) is 0 Å². The number of rotatable bonds is 3. The standard InChI is InChI=1S/C27H28F3N5O3/c1-26(2,3)38-25(37)35-10-8-17(9-11-35)19-15-34(4)23-21(19)22(27(28,29)30)20(14-32-23)33-24(36)18-7-5-6-16(12-18)13-31/h5-7,12,14-15,17H,8-11H2,1-4H3,(H,33,36). The normalized spacial score (nSPS) is 14.8. The quantitative estimate of drug-likeness (QED) is 0.462. The van der Waals surface area contributed by atoms with Crippen LogP contribution in [0.3, 0.4) is 0 Å². The Morgan fingerprint density at radius 2 is 1.87 bits per heavy atom. The first-order valence-corrected chi connectivity index (χ1v) is 12.1. The van der Waals surface area contributed by atoms with Crippen LogP contribution in [0.2, 0.25) is 0 Å². The minimum atomic E-state index is -4.79. The number of aromatic nitrogens is 2. The van der Waals surface area contributed by atoms with E-state index < -0.39 is 35.0 Å². The third-order valence-corrected chi connectivity index (χ3v) is 6.39.